The summed E-state index contributed by atoms with van der Waals surface area (Å²) in [5, 5.41) is 23.2. The average Bonchev–Trinajstić information content (AvgIpc) is 3.04. The van der Waals surface area contributed by atoms with Gasteiger partial charge in [-0.3, -0.25) is 15.1 Å². The van der Waals surface area contributed by atoms with Crippen LogP contribution in [0.25, 0.3) is 0 Å². The van der Waals surface area contributed by atoms with Gasteiger partial charge in [-0.05, 0) is 38.1 Å². The number of nitro benzene ring substituents is 1. The van der Waals surface area contributed by atoms with Crippen molar-refractivity contribution in [3.05, 3.63) is 86.9 Å². The van der Waals surface area contributed by atoms with Gasteiger partial charge in [-0.15, -0.1) is 13.2 Å². The zero-order valence-corrected chi connectivity index (χ0v) is 25.5. The largest absolute Gasteiger partial charge is 0.575 e. The van der Waals surface area contributed by atoms with E-state index in [-0.39, 0.29) is 66.7 Å². The summed E-state index contributed by atoms with van der Waals surface area (Å²) in [6.45, 7) is 3.05. The Morgan fingerprint density at radius 1 is 1.06 bits per heavy atom. The maximum atomic E-state index is 13.6. The van der Waals surface area contributed by atoms with Crippen molar-refractivity contribution >= 4 is 35.2 Å². The Morgan fingerprint density at radius 3 is 2.27 bits per heavy atom. The van der Waals surface area contributed by atoms with Gasteiger partial charge in [0.2, 0.25) is 0 Å². The lowest BCUT2D eigenvalue weighted by molar-refractivity contribution is -0.385. The van der Waals surface area contributed by atoms with Crippen LogP contribution in [-0.2, 0) is 15.7 Å². The van der Waals surface area contributed by atoms with Crippen molar-refractivity contribution in [2.24, 2.45) is 0 Å². The molecule has 0 saturated carbocycles. The number of halogens is 6. The summed E-state index contributed by atoms with van der Waals surface area (Å²) in [5.41, 5.74) is -2.41. The number of nitrogens with zero attached hydrogens (tertiary/aromatic N) is 6. The van der Waals surface area contributed by atoms with E-state index in [2.05, 4.69) is 24.8 Å². The highest BCUT2D eigenvalue weighted by molar-refractivity contribution is 5.92. The molecule has 0 atom stereocenters. The summed E-state index contributed by atoms with van der Waals surface area (Å²) in [5.74, 6) is -2.95. The number of nitriles is 1. The van der Waals surface area contributed by atoms with Gasteiger partial charge >= 0.3 is 30.5 Å². The summed E-state index contributed by atoms with van der Waals surface area (Å²) < 4.78 is 83.3. The number of pyridine rings is 2. The number of anilines is 2. The molecule has 4 rings (SSSR count). The molecule has 0 radical (unpaired) electrons. The average molecular weight is 698 g/mol. The Bertz CT molecular complexity index is 1740. The molecular weight excluding hydrogens is 672 g/mol. The van der Waals surface area contributed by atoms with Crippen LogP contribution in [0.5, 0.6) is 0 Å². The molecule has 1 aliphatic rings. The molecule has 1 aromatic carbocycles. The third-order valence-electron chi connectivity index (χ3n) is 6.60. The molecule has 49 heavy (non-hydrogen) atoms. The van der Waals surface area contributed by atoms with E-state index in [1.54, 1.807) is 6.07 Å². The van der Waals surface area contributed by atoms with Gasteiger partial charge in [-0.25, -0.2) is 19.4 Å². The first-order chi connectivity index (χ1) is 23.0. The van der Waals surface area contributed by atoms with E-state index in [9.17, 15) is 56.1 Å². The molecule has 14 nitrogen and oxygen atoms in total. The van der Waals surface area contributed by atoms with E-state index in [4.69, 9.17) is 0 Å². The molecule has 0 unspecified atom stereocenters. The number of nitro groups is 1. The van der Waals surface area contributed by atoms with Crippen LogP contribution in [0.1, 0.15) is 44.5 Å². The summed E-state index contributed by atoms with van der Waals surface area (Å²) in [7, 11) is 0. The standard InChI is InChI=1S/C22H21F3N6O5.C7H4F3NO2/c1-3-36-20(32)15-11-14(12-26)19(28-18(15)22(23,24)25)29-7-9-30(10-8-29)21(33)27-16-5-4-6-17(13(16)2)31(34)35;8-7(9,10)13-6(12)5-2-1-3-11-4-5/h4-6,11H,3,7-10H2,1-2H3,(H,27,33);1-4H. The molecule has 1 N–H and O–H groups in total. The minimum absolute atomic E-state index is 0.0546. The van der Waals surface area contributed by atoms with Crippen LogP contribution in [0, 0.1) is 28.4 Å². The maximum Gasteiger partial charge on any atom is 0.575 e. The predicted molar refractivity (Wildman–Crippen MR) is 156 cm³/mol. The molecule has 0 spiro atoms. The second kappa shape index (κ2) is 15.7. The summed E-state index contributed by atoms with van der Waals surface area (Å²) >= 11 is 0. The SMILES string of the molecule is CCOC(=O)c1cc(C#N)c(N2CCN(C(=O)Nc3cccc([N+](=O)[O-])c3C)CC2)nc1C(F)(F)F.O=C(OC(F)(F)F)c1cccnc1. The van der Waals surface area contributed by atoms with E-state index in [0.29, 0.717) is 0 Å². The fourth-order valence-electron chi connectivity index (χ4n) is 4.33. The van der Waals surface area contributed by atoms with Crippen LogP contribution in [0.3, 0.4) is 0 Å². The number of hydrogen-bond acceptors (Lipinski definition) is 11. The molecule has 1 fully saturated rings. The Balaban J connectivity index is 0.000000419. The highest BCUT2D eigenvalue weighted by Gasteiger charge is 2.40. The highest BCUT2D eigenvalue weighted by atomic mass is 19.4. The Hall–Kier alpha value is -6.00. The summed E-state index contributed by atoms with van der Waals surface area (Å²) in [6, 6.07) is 8.83. The highest BCUT2D eigenvalue weighted by Crippen LogP contribution is 2.34. The fourth-order valence-corrected chi connectivity index (χ4v) is 4.33. The number of benzene rings is 1. The van der Waals surface area contributed by atoms with Crippen molar-refractivity contribution in [2.75, 3.05) is 43.0 Å². The van der Waals surface area contributed by atoms with Crippen LogP contribution >= 0.6 is 0 Å². The second-order valence-electron chi connectivity index (χ2n) is 9.77. The number of piperazine rings is 1. The van der Waals surface area contributed by atoms with Gasteiger partial charge in [-0.1, -0.05) is 6.07 Å². The van der Waals surface area contributed by atoms with Gasteiger partial charge in [0.05, 0.1) is 39.5 Å². The van der Waals surface area contributed by atoms with Crippen molar-refractivity contribution in [3.63, 3.8) is 0 Å². The molecule has 20 heteroatoms. The number of hydrogen-bond donors (Lipinski definition) is 1. The number of nitrogens with one attached hydrogen (secondary N) is 1. The van der Waals surface area contributed by atoms with Crippen LogP contribution in [-0.4, -0.2) is 76.9 Å². The van der Waals surface area contributed by atoms with Crippen molar-refractivity contribution in [1.82, 2.24) is 14.9 Å². The topological polar surface area (TPSA) is 181 Å². The first-order valence-corrected chi connectivity index (χ1v) is 13.9. The predicted octanol–water partition coefficient (Wildman–Crippen LogP) is 5.48. The quantitative estimate of drug-likeness (QED) is 0.149. The number of alkyl halides is 6. The van der Waals surface area contributed by atoms with Gasteiger partial charge in [0.1, 0.15) is 11.9 Å². The number of esters is 2. The molecule has 0 aliphatic carbocycles. The number of ether oxygens (including phenoxy) is 2. The molecule has 1 aliphatic heterocycles. The van der Waals surface area contributed by atoms with Gasteiger partial charge < -0.3 is 24.6 Å². The van der Waals surface area contributed by atoms with E-state index in [1.807, 2.05) is 0 Å². The Kier molecular flexibility index (Phi) is 12.0. The second-order valence-corrected chi connectivity index (χ2v) is 9.77. The van der Waals surface area contributed by atoms with E-state index in [1.165, 1.54) is 60.2 Å². The Labute approximate surface area is 273 Å². The first kappa shape index (κ1) is 37.5. The van der Waals surface area contributed by atoms with Crippen LogP contribution in [0.2, 0.25) is 0 Å². The van der Waals surface area contributed by atoms with Crippen LogP contribution < -0.4 is 10.2 Å². The molecule has 260 valence electrons. The number of rotatable bonds is 6. The summed E-state index contributed by atoms with van der Waals surface area (Å²) in [4.78, 5) is 55.9. The molecule has 3 heterocycles. The molecule has 3 aromatic rings. The number of carbonyl (C=O) groups is 3. The number of aromatic nitrogens is 2. The van der Waals surface area contributed by atoms with Crippen molar-refractivity contribution in [2.45, 2.75) is 26.4 Å². The van der Waals surface area contributed by atoms with Crippen LogP contribution in [0.4, 0.5) is 48.3 Å². The van der Waals surface area contributed by atoms with Crippen molar-refractivity contribution < 1.29 is 55.1 Å². The zero-order chi connectivity index (χ0) is 36.5. The normalized spacial score (nSPS) is 13.0. The first-order valence-electron chi connectivity index (χ1n) is 13.9. The molecular formula is C29H25F6N7O7. The van der Waals surface area contributed by atoms with Gasteiger partial charge in [-0.2, -0.15) is 18.4 Å². The van der Waals surface area contributed by atoms with Gasteiger partial charge in [0, 0.05) is 44.6 Å². The monoisotopic (exact) mass is 697 g/mol. The zero-order valence-electron chi connectivity index (χ0n) is 25.5. The molecule has 0 bridgehead atoms. The number of urea groups is 1. The minimum atomic E-state index is -4.97. The fraction of sp³-hybridized carbons (Fsp3) is 0.310. The molecule has 2 amide bonds. The lowest BCUT2D eigenvalue weighted by atomic mass is 10.1. The van der Waals surface area contributed by atoms with Crippen molar-refractivity contribution in [3.8, 4) is 6.07 Å². The maximum absolute atomic E-state index is 13.6. The molecule has 1 saturated heterocycles. The van der Waals surface area contributed by atoms with Crippen LogP contribution in [0.15, 0.2) is 48.8 Å². The van der Waals surface area contributed by atoms with Gasteiger partial charge in [0.25, 0.3) is 5.69 Å². The Morgan fingerprint density at radius 2 is 1.73 bits per heavy atom. The number of amides is 2. The van der Waals surface area contributed by atoms with Gasteiger partial charge in [0.15, 0.2) is 5.69 Å². The van der Waals surface area contributed by atoms with Crippen molar-refractivity contribution in [1.29, 1.82) is 5.26 Å². The lowest BCUT2D eigenvalue weighted by Gasteiger charge is -2.36. The smallest absolute Gasteiger partial charge is 0.462 e. The van der Waals surface area contributed by atoms with E-state index >= 15 is 0 Å². The lowest BCUT2D eigenvalue weighted by Crippen LogP contribution is -2.50. The third-order valence-corrected chi connectivity index (χ3v) is 6.60. The summed E-state index contributed by atoms with van der Waals surface area (Å²) in [6.07, 6.45) is -7.59. The van der Waals surface area contributed by atoms with E-state index < -0.39 is 46.7 Å². The third kappa shape index (κ3) is 9.99. The van der Waals surface area contributed by atoms with E-state index in [0.717, 1.165) is 12.3 Å². The number of carbonyl (C=O) groups excluding carboxylic acids is 3. The minimum Gasteiger partial charge on any atom is -0.462 e. The molecule has 2 aromatic heterocycles.